The first-order chi connectivity index (χ1) is 13.2. The molecule has 0 radical (unpaired) electrons. The van der Waals surface area contributed by atoms with Gasteiger partial charge in [-0.15, -0.1) is 0 Å². The van der Waals surface area contributed by atoms with Crippen LogP contribution < -0.4 is 10.1 Å². The van der Waals surface area contributed by atoms with Crippen LogP contribution in [0.25, 0.3) is 0 Å². The lowest BCUT2D eigenvalue weighted by atomic mass is 9.61. The van der Waals surface area contributed by atoms with E-state index in [1.165, 1.54) is 6.42 Å². The number of Topliss-reactive ketones (excluding diaryl/α,β-unsaturated/α-hetero) is 1. The Kier molecular flexibility index (Phi) is 3.55. The van der Waals surface area contributed by atoms with Gasteiger partial charge in [-0.05, 0) is 48.8 Å². The van der Waals surface area contributed by atoms with Crippen molar-refractivity contribution in [2.45, 2.75) is 43.6 Å². The highest BCUT2D eigenvalue weighted by molar-refractivity contribution is 6.13. The van der Waals surface area contributed by atoms with E-state index in [2.05, 4.69) is 17.5 Å². The van der Waals surface area contributed by atoms with Crippen molar-refractivity contribution in [2.24, 2.45) is 5.92 Å². The Labute approximate surface area is 159 Å². The van der Waals surface area contributed by atoms with Crippen LogP contribution in [0.2, 0.25) is 0 Å². The molecule has 0 saturated heterocycles. The van der Waals surface area contributed by atoms with Gasteiger partial charge in [0.1, 0.15) is 5.75 Å². The minimum absolute atomic E-state index is 0.00592. The van der Waals surface area contributed by atoms with Crippen LogP contribution in [-0.4, -0.2) is 18.9 Å². The average molecular weight is 358 g/mol. The molecule has 27 heavy (non-hydrogen) atoms. The van der Waals surface area contributed by atoms with Crippen molar-refractivity contribution in [2.75, 3.05) is 7.11 Å². The van der Waals surface area contributed by atoms with Gasteiger partial charge in [-0.3, -0.25) is 4.79 Å². The van der Waals surface area contributed by atoms with Crippen molar-refractivity contribution in [3.8, 4) is 11.8 Å². The topological polar surface area (TPSA) is 62.1 Å². The second kappa shape index (κ2) is 5.85. The molecule has 0 aromatic heterocycles. The molecule has 1 saturated carbocycles. The van der Waals surface area contributed by atoms with Gasteiger partial charge in [-0.1, -0.05) is 25.3 Å². The number of fused-ring (bicyclic) bond motifs is 5. The molecular formula is C23H22N2O2. The predicted octanol–water partition coefficient (Wildman–Crippen LogP) is 3.96. The number of allylic oxidation sites excluding steroid dienone is 3. The van der Waals surface area contributed by atoms with Gasteiger partial charge in [-0.2, -0.15) is 5.26 Å². The van der Waals surface area contributed by atoms with E-state index < -0.39 is 0 Å². The van der Waals surface area contributed by atoms with Crippen molar-refractivity contribution in [3.63, 3.8) is 0 Å². The Hall–Kier alpha value is -2.80. The number of rotatable bonds is 1. The standard InChI is InChI=1S/C23H22N2O2/c1-27-15-6-8-16-18(12-15)23(9-3-2-4-10-23)22-20(21(16)26)17-7-5-14(13-24)11-19(17)25-22/h5-8,11-12,17,19,25H,2-4,9-10H2,1H3. The highest BCUT2D eigenvalue weighted by Gasteiger charge is 2.52. The molecule has 1 aromatic carbocycles. The lowest BCUT2D eigenvalue weighted by Gasteiger charge is -2.43. The number of ketones is 1. The first-order valence-corrected chi connectivity index (χ1v) is 9.72. The van der Waals surface area contributed by atoms with Gasteiger partial charge < -0.3 is 10.1 Å². The second-order valence-corrected chi connectivity index (χ2v) is 7.96. The summed E-state index contributed by atoms with van der Waals surface area (Å²) in [5.74, 6) is 0.938. The Balaban J connectivity index is 1.71. The molecule has 4 heteroatoms. The maximum atomic E-state index is 13.5. The van der Waals surface area contributed by atoms with Crippen molar-refractivity contribution in [1.82, 2.24) is 5.32 Å². The summed E-state index contributed by atoms with van der Waals surface area (Å²) in [5, 5.41) is 12.9. The first kappa shape index (κ1) is 16.4. The Morgan fingerprint density at radius 2 is 2.07 bits per heavy atom. The molecule has 1 N–H and O–H groups in total. The zero-order chi connectivity index (χ0) is 18.6. The molecule has 1 heterocycles. The number of benzene rings is 1. The van der Waals surface area contributed by atoms with Crippen molar-refractivity contribution < 1.29 is 9.53 Å². The van der Waals surface area contributed by atoms with Gasteiger partial charge in [0.25, 0.3) is 0 Å². The summed E-state index contributed by atoms with van der Waals surface area (Å²) < 4.78 is 5.48. The first-order valence-electron chi connectivity index (χ1n) is 9.72. The molecule has 1 aliphatic heterocycles. The van der Waals surface area contributed by atoms with Crippen LogP contribution in [0.3, 0.4) is 0 Å². The Morgan fingerprint density at radius 3 is 2.81 bits per heavy atom. The highest BCUT2D eigenvalue weighted by Crippen LogP contribution is 2.54. The lowest BCUT2D eigenvalue weighted by molar-refractivity contribution is 0.101. The summed E-state index contributed by atoms with van der Waals surface area (Å²) in [5.41, 5.74) is 4.46. The van der Waals surface area contributed by atoms with Crippen LogP contribution in [0.4, 0.5) is 0 Å². The summed E-state index contributed by atoms with van der Waals surface area (Å²) in [6, 6.07) is 8.12. The number of methoxy groups -OCH3 is 1. The molecular weight excluding hydrogens is 336 g/mol. The van der Waals surface area contributed by atoms with Crippen molar-refractivity contribution in [3.05, 3.63) is 64.4 Å². The van der Waals surface area contributed by atoms with E-state index in [0.29, 0.717) is 5.57 Å². The van der Waals surface area contributed by atoms with Crippen LogP contribution in [0, 0.1) is 17.2 Å². The number of nitriles is 1. The third-order valence-corrected chi connectivity index (χ3v) is 6.69. The quantitative estimate of drug-likeness (QED) is 0.825. The van der Waals surface area contributed by atoms with E-state index >= 15 is 0 Å². The molecule has 5 rings (SSSR count). The normalized spacial score (nSPS) is 27.3. The SMILES string of the molecule is COc1ccc2c(c1)C1(CCCCC1)C1=C(C2=O)C2C=CC(C#N)=CC2N1. The summed E-state index contributed by atoms with van der Waals surface area (Å²) >= 11 is 0. The molecule has 4 aliphatic rings. The number of nitrogens with one attached hydrogen (secondary N) is 1. The fraction of sp³-hybridized carbons (Fsp3) is 0.391. The Bertz CT molecular complexity index is 971. The van der Waals surface area contributed by atoms with E-state index in [4.69, 9.17) is 4.74 Å². The van der Waals surface area contributed by atoms with Crippen LogP contribution >= 0.6 is 0 Å². The molecule has 1 spiro atoms. The molecule has 1 aromatic rings. The molecule has 0 amide bonds. The fourth-order valence-electron chi connectivity index (χ4n) is 5.43. The van der Waals surface area contributed by atoms with E-state index in [0.717, 1.165) is 53.8 Å². The van der Waals surface area contributed by atoms with Gasteiger partial charge in [0.15, 0.2) is 5.78 Å². The van der Waals surface area contributed by atoms with Crippen molar-refractivity contribution in [1.29, 1.82) is 5.26 Å². The fourth-order valence-corrected chi connectivity index (χ4v) is 5.43. The third kappa shape index (κ3) is 2.18. The maximum Gasteiger partial charge on any atom is 0.191 e. The predicted molar refractivity (Wildman–Crippen MR) is 102 cm³/mol. The number of carbonyl (C=O) groups is 1. The van der Waals surface area contributed by atoms with Gasteiger partial charge in [-0.25, -0.2) is 0 Å². The largest absolute Gasteiger partial charge is 0.497 e. The van der Waals surface area contributed by atoms with E-state index in [-0.39, 0.29) is 23.2 Å². The monoisotopic (exact) mass is 358 g/mol. The van der Waals surface area contributed by atoms with Crippen molar-refractivity contribution >= 4 is 5.78 Å². The number of nitrogens with zero attached hydrogens (tertiary/aromatic N) is 1. The maximum absolute atomic E-state index is 13.5. The summed E-state index contributed by atoms with van der Waals surface area (Å²) in [6.07, 6.45) is 11.5. The minimum Gasteiger partial charge on any atom is -0.497 e. The van der Waals surface area contributed by atoms with Crippen LogP contribution in [0.5, 0.6) is 5.75 Å². The van der Waals surface area contributed by atoms with Gasteiger partial charge in [0.05, 0.1) is 19.2 Å². The van der Waals surface area contributed by atoms with Gasteiger partial charge in [0.2, 0.25) is 0 Å². The molecule has 4 nitrogen and oxygen atoms in total. The van der Waals surface area contributed by atoms with E-state index in [9.17, 15) is 10.1 Å². The molecule has 3 aliphatic carbocycles. The number of carbonyl (C=O) groups excluding carboxylic acids is 1. The Morgan fingerprint density at radius 1 is 1.26 bits per heavy atom. The number of hydrogen-bond donors (Lipinski definition) is 1. The third-order valence-electron chi connectivity index (χ3n) is 6.69. The summed E-state index contributed by atoms with van der Waals surface area (Å²) in [4.78, 5) is 13.5. The van der Waals surface area contributed by atoms with E-state index in [1.54, 1.807) is 7.11 Å². The minimum atomic E-state index is -0.142. The van der Waals surface area contributed by atoms with E-state index in [1.807, 2.05) is 30.4 Å². The van der Waals surface area contributed by atoms with Gasteiger partial charge >= 0.3 is 0 Å². The van der Waals surface area contributed by atoms with Gasteiger partial charge in [0, 0.05) is 33.7 Å². The lowest BCUT2D eigenvalue weighted by Crippen LogP contribution is -2.41. The van der Waals surface area contributed by atoms with Crippen LogP contribution in [-0.2, 0) is 5.41 Å². The smallest absolute Gasteiger partial charge is 0.191 e. The molecule has 1 fully saturated rings. The number of ether oxygens (including phenoxy) is 1. The average Bonchev–Trinajstić information content (AvgIpc) is 3.12. The molecule has 136 valence electrons. The zero-order valence-corrected chi connectivity index (χ0v) is 15.4. The van der Waals surface area contributed by atoms with Crippen LogP contribution in [0.1, 0.15) is 48.0 Å². The zero-order valence-electron chi connectivity index (χ0n) is 15.4. The summed E-state index contributed by atoms with van der Waals surface area (Å²) in [7, 11) is 1.67. The molecule has 0 bridgehead atoms. The second-order valence-electron chi connectivity index (χ2n) is 7.96. The highest BCUT2D eigenvalue weighted by atomic mass is 16.5. The number of hydrogen-bond acceptors (Lipinski definition) is 4. The summed E-state index contributed by atoms with van der Waals surface area (Å²) in [6.45, 7) is 0. The molecule has 2 atom stereocenters. The molecule has 2 unspecified atom stereocenters. The van der Waals surface area contributed by atoms with Crippen LogP contribution in [0.15, 0.2) is 53.3 Å².